The van der Waals surface area contributed by atoms with Gasteiger partial charge in [0.15, 0.2) is 0 Å². The topological polar surface area (TPSA) is 35.5 Å². The minimum Gasteiger partial charge on any atom is -0.497 e. The number of esters is 1. The molecule has 0 saturated carbocycles. The van der Waals surface area contributed by atoms with Gasteiger partial charge in [0.25, 0.3) is 0 Å². The van der Waals surface area contributed by atoms with E-state index in [1.54, 1.807) is 26.2 Å². The number of methoxy groups -OCH3 is 1. The summed E-state index contributed by atoms with van der Waals surface area (Å²) in [5, 5.41) is 0. The number of hydrogen-bond acceptors (Lipinski definition) is 3. The van der Waals surface area contributed by atoms with Crippen LogP contribution in [0.4, 0.5) is 0 Å². The number of carbonyl (C=O) groups is 1. The van der Waals surface area contributed by atoms with Crippen LogP contribution < -0.4 is 4.74 Å². The number of benzene rings is 1. The summed E-state index contributed by atoms with van der Waals surface area (Å²) >= 11 is 0. The fourth-order valence-electron chi connectivity index (χ4n) is 1.21. The van der Waals surface area contributed by atoms with Crippen molar-refractivity contribution in [3.8, 4) is 5.75 Å². The van der Waals surface area contributed by atoms with Crippen LogP contribution in [-0.2, 0) is 9.53 Å². The molecule has 0 radical (unpaired) electrons. The first kappa shape index (κ1) is 13.0. The molecule has 0 aliphatic carbocycles. The second-order valence-electron chi connectivity index (χ2n) is 3.24. The van der Waals surface area contributed by atoms with Crippen LogP contribution >= 0.6 is 0 Å². The summed E-state index contributed by atoms with van der Waals surface area (Å²) in [7, 11) is 1.63. The lowest BCUT2D eigenvalue weighted by atomic mass is 10.2. The highest BCUT2D eigenvalue weighted by Crippen LogP contribution is 2.12. The van der Waals surface area contributed by atoms with Crippen molar-refractivity contribution >= 4 is 12.0 Å². The van der Waals surface area contributed by atoms with E-state index in [-0.39, 0.29) is 5.97 Å². The summed E-state index contributed by atoms with van der Waals surface area (Å²) in [5.74, 6) is 0.496. The van der Waals surface area contributed by atoms with Crippen LogP contribution in [0, 0.1) is 0 Å². The molecule has 0 saturated heterocycles. The van der Waals surface area contributed by atoms with Crippen LogP contribution in [-0.4, -0.2) is 19.7 Å². The lowest BCUT2D eigenvalue weighted by Gasteiger charge is -1.98. The largest absolute Gasteiger partial charge is 0.497 e. The van der Waals surface area contributed by atoms with E-state index < -0.39 is 0 Å². The molecule has 0 spiro atoms. The quantitative estimate of drug-likeness (QED) is 0.445. The lowest BCUT2D eigenvalue weighted by molar-refractivity contribution is -0.137. The predicted octanol–water partition coefficient (Wildman–Crippen LogP) is 2.83. The zero-order chi connectivity index (χ0) is 12.5. The molecule has 0 aliphatic rings. The molecule has 0 aromatic heterocycles. The first-order valence-corrected chi connectivity index (χ1v) is 5.42. The summed E-state index contributed by atoms with van der Waals surface area (Å²) in [6, 6.07) is 7.64. The predicted molar refractivity (Wildman–Crippen MR) is 67.8 cm³/mol. The van der Waals surface area contributed by atoms with Gasteiger partial charge in [0, 0.05) is 6.08 Å². The van der Waals surface area contributed by atoms with Gasteiger partial charge in [0.2, 0.25) is 0 Å². The Hall–Kier alpha value is -2.03. The van der Waals surface area contributed by atoms with Crippen LogP contribution in [0.25, 0.3) is 6.08 Å². The Morgan fingerprint density at radius 2 is 1.94 bits per heavy atom. The van der Waals surface area contributed by atoms with Crippen LogP contribution in [0.15, 0.2) is 42.5 Å². The van der Waals surface area contributed by atoms with E-state index in [4.69, 9.17) is 9.47 Å². The Kier molecular flexibility index (Phi) is 5.58. The van der Waals surface area contributed by atoms with E-state index in [1.807, 2.05) is 30.3 Å². The first-order chi connectivity index (χ1) is 8.26. The molecule has 0 unspecified atom stereocenters. The molecule has 90 valence electrons. The van der Waals surface area contributed by atoms with E-state index in [0.717, 1.165) is 11.3 Å². The van der Waals surface area contributed by atoms with Gasteiger partial charge in [0.05, 0.1) is 13.7 Å². The summed E-state index contributed by atoms with van der Waals surface area (Å²) in [6.45, 7) is 2.17. The van der Waals surface area contributed by atoms with E-state index in [2.05, 4.69) is 0 Å². The molecule has 0 N–H and O–H groups in total. The van der Waals surface area contributed by atoms with Gasteiger partial charge in [0.1, 0.15) is 5.75 Å². The molecular formula is C14H16O3. The highest BCUT2D eigenvalue weighted by molar-refractivity contribution is 5.82. The van der Waals surface area contributed by atoms with E-state index in [0.29, 0.717) is 6.61 Å². The van der Waals surface area contributed by atoms with E-state index in [1.165, 1.54) is 6.08 Å². The van der Waals surface area contributed by atoms with Crippen molar-refractivity contribution in [2.75, 3.05) is 13.7 Å². The zero-order valence-corrected chi connectivity index (χ0v) is 10.1. The minimum atomic E-state index is -0.327. The van der Waals surface area contributed by atoms with Gasteiger partial charge in [-0.1, -0.05) is 30.4 Å². The first-order valence-electron chi connectivity index (χ1n) is 5.42. The Balaban J connectivity index is 2.50. The van der Waals surface area contributed by atoms with E-state index >= 15 is 0 Å². The van der Waals surface area contributed by atoms with Crippen LogP contribution in [0.3, 0.4) is 0 Å². The molecule has 0 aliphatic heterocycles. The van der Waals surface area contributed by atoms with Crippen molar-refractivity contribution < 1.29 is 14.3 Å². The highest BCUT2D eigenvalue weighted by Gasteiger charge is 1.91. The fourth-order valence-corrected chi connectivity index (χ4v) is 1.21. The second kappa shape index (κ2) is 7.28. The monoisotopic (exact) mass is 232 g/mol. The molecule has 0 fully saturated rings. The smallest absolute Gasteiger partial charge is 0.330 e. The average molecular weight is 232 g/mol. The maximum absolute atomic E-state index is 11.0. The molecule has 3 nitrogen and oxygen atoms in total. The number of allylic oxidation sites excluding steroid dienone is 2. The Morgan fingerprint density at radius 1 is 1.24 bits per heavy atom. The third-order valence-corrected chi connectivity index (χ3v) is 2.03. The number of rotatable bonds is 5. The van der Waals surface area contributed by atoms with Crippen LogP contribution in [0.5, 0.6) is 5.75 Å². The van der Waals surface area contributed by atoms with Crippen molar-refractivity contribution in [3.05, 3.63) is 48.1 Å². The van der Waals surface area contributed by atoms with Crippen molar-refractivity contribution in [2.45, 2.75) is 6.92 Å². The van der Waals surface area contributed by atoms with Gasteiger partial charge in [-0.15, -0.1) is 0 Å². The summed E-state index contributed by atoms with van der Waals surface area (Å²) < 4.78 is 9.80. The minimum absolute atomic E-state index is 0.327. The summed E-state index contributed by atoms with van der Waals surface area (Å²) in [6.07, 6.45) is 6.74. The third-order valence-electron chi connectivity index (χ3n) is 2.03. The molecular weight excluding hydrogens is 216 g/mol. The zero-order valence-electron chi connectivity index (χ0n) is 10.1. The van der Waals surface area contributed by atoms with Gasteiger partial charge < -0.3 is 9.47 Å². The second-order valence-corrected chi connectivity index (χ2v) is 3.24. The maximum atomic E-state index is 11.0. The Bertz CT molecular complexity index is 402. The van der Waals surface area contributed by atoms with Gasteiger partial charge in [-0.25, -0.2) is 4.79 Å². The maximum Gasteiger partial charge on any atom is 0.330 e. The third kappa shape index (κ3) is 5.02. The molecule has 0 bridgehead atoms. The van der Waals surface area contributed by atoms with Gasteiger partial charge in [-0.05, 0) is 24.6 Å². The molecule has 3 heteroatoms. The fraction of sp³-hybridized carbons (Fsp3) is 0.214. The molecule has 1 rings (SSSR count). The number of ether oxygens (including phenoxy) is 2. The number of hydrogen-bond donors (Lipinski definition) is 0. The van der Waals surface area contributed by atoms with Crippen LogP contribution in [0.2, 0.25) is 0 Å². The van der Waals surface area contributed by atoms with Gasteiger partial charge >= 0.3 is 5.97 Å². The van der Waals surface area contributed by atoms with Gasteiger partial charge in [-0.2, -0.15) is 0 Å². The van der Waals surface area contributed by atoms with Gasteiger partial charge in [-0.3, -0.25) is 0 Å². The summed E-state index contributed by atoms with van der Waals surface area (Å²) in [5.41, 5.74) is 1.04. The molecule has 0 amide bonds. The SMILES string of the molecule is CCOC(=O)C=CC=Cc1ccc(OC)cc1. The standard InChI is InChI=1S/C14H16O3/c1-3-17-14(15)7-5-4-6-12-8-10-13(16-2)11-9-12/h4-11H,3H2,1-2H3. The van der Waals surface area contributed by atoms with Crippen molar-refractivity contribution in [2.24, 2.45) is 0 Å². The van der Waals surface area contributed by atoms with Crippen molar-refractivity contribution in [1.29, 1.82) is 0 Å². The van der Waals surface area contributed by atoms with Crippen molar-refractivity contribution in [3.63, 3.8) is 0 Å². The molecule has 1 aromatic rings. The van der Waals surface area contributed by atoms with E-state index in [9.17, 15) is 4.79 Å². The molecule has 0 heterocycles. The normalized spacial score (nSPS) is 10.9. The lowest BCUT2D eigenvalue weighted by Crippen LogP contribution is -1.98. The highest BCUT2D eigenvalue weighted by atomic mass is 16.5. The Morgan fingerprint density at radius 3 is 2.53 bits per heavy atom. The molecule has 0 atom stereocenters. The average Bonchev–Trinajstić information content (AvgIpc) is 2.36. The van der Waals surface area contributed by atoms with Crippen LogP contribution in [0.1, 0.15) is 12.5 Å². The van der Waals surface area contributed by atoms with Crippen molar-refractivity contribution in [1.82, 2.24) is 0 Å². The summed E-state index contributed by atoms with van der Waals surface area (Å²) in [4.78, 5) is 11.0. The number of carbonyl (C=O) groups excluding carboxylic acids is 1. The molecule has 17 heavy (non-hydrogen) atoms. The Labute approximate surface area is 101 Å². The molecule has 1 aromatic carbocycles.